The molecule has 7 rings (SSSR count). The number of piperidine rings is 2. The maximum absolute atomic E-state index is 15.2. The second-order valence-corrected chi connectivity index (χ2v) is 14.8. The molecule has 1 unspecified atom stereocenters. The van der Waals surface area contributed by atoms with E-state index in [0.29, 0.717) is 23.7 Å². The number of unbranched alkanes of at least 4 members (excludes halogenated alkanes) is 1. The molecule has 9 nitrogen and oxygen atoms in total. The van der Waals surface area contributed by atoms with Crippen LogP contribution in [0.15, 0.2) is 66.9 Å². The number of alkyl halides is 3. The van der Waals surface area contributed by atoms with Gasteiger partial charge in [0.25, 0.3) is 0 Å². The molecule has 1 aromatic heterocycles. The Hall–Kier alpha value is -4.62. The number of rotatable bonds is 12. The fourth-order valence-electron chi connectivity index (χ4n) is 8.03. The first-order valence-electron chi connectivity index (χ1n) is 19.1. The van der Waals surface area contributed by atoms with E-state index in [1.54, 1.807) is 24.3 Å². The Kier molecular flexibility index (Phi) is 11.4. The number of carbonyl (C=O) groups excluding carboxylic acids is 2. The van der Waals surface area contributed by atoms with Gasteiger partial charge in [-0.25, -0.2) is 4.39 Å². The lowest BCUT2D eigenvalue weighted by molar-refractivity contribution is -0.274. The van der Waals surface area contributed by atoms with Crippen LogP contribution >= 0.6 is 0 Å². The third-order valence-electron chi connectivity index (χ3n) is 11.0. The standard InChI is InChI=1S/C41H48F4N6O3/c1-2-3-16-51-27-34(30-5-8-32(9-6-30)54-41(43,44)45)33-23-29(4-11-37(33)51)26-48-17-14-28(15-18-48)25-49-19-21-50(22-20-49)38-12-7-31(24-35(38)42)46-36-10-13-39(52)47-40(36)53/h4-9,11-12,23-24,27-28,36,46H,2-3,10,13-22,25-26H2,1H3,(H,47,52,53). The predicted octanol–water partition coefficient (Wildman–Crippen LogP) is 7.40. The third kappa shape index (κ3) is 9.18. The highest BCUT2D eigenvalue weighted by Crippen LogP contribution is 2.34. The van der Waals surface area contributed by atoms with Gasteiger partial charge in [-0.15, -0.1) is 13.2 Å². The fraction of sp³-hybridized carbons (Fsp3) is 0.463. The van der Waals surface area contributed by atoms with Crippen molar-refractivity contribution >= 4 is 34.1 Å². The van der Waals surface area contributed by atoms with E-state index in [-0.39, 0.29) is 29.8 Å². The van der Waals surface area contributed by atoms with E-state index >= 15 is 4.39 Å². The predicted molar refractivity (Wildman–Crippen MR) is 202 cm³/mol. The zero-order chi connectivity index (χ0) is 37.8. The molecule has 54 heavy (non-hydrogen) atoms. The van der Waals surface area contributed by atoms with E-state index in [9.17, 15) is 22.8 Å². The third-order valence-corrected chi connectivity index (χ3v) is 11.0. The van der Waals surface area contributed by atoms with Crippen molar-refractivity contribution in [2.45, 2.75) is 70.9 Å². The number of benzene rings is 3. The average Bonchev–Trinajstić information content (AvgIpc) is 3.50. The number of likely N-dealkylation sites (tertiary alicyclic amines) is 1. The fourth-order valence-corrected chi connectivity index (χ4v) is 8.03. The molecule has 2 N–H and O–H groups in total. The number of anilines is 2. The summed E-state index contributed by atoms with van der Waals surface area (Å²) in [5.41, 5.74) is 5.28. The summed E-state index contributed by atoms with van der Waals surface area (Å²) < 4.78 is 59.8. The lowest BCUT2D eigenvalue weighted by Gasteiger charge is -2.39. The highest BCUT2D eigenvalue weighted by molar-refractivity contribution is 6.01. The minimum atomic E-state index is -4.73. The number of nitrogens with zero attached hydrogens (tertiary/aromatic N) is 4. The van der Waals surface area contributed by atoms with Crippen molar-refractivity contribution in [2.75, 3.05) is 56.0 Å². The van der Waals surface area contributed by atoms with Gasteiger partial charge in [0.1, 0.15) is 17.6 Å². The van der Waals surface area contributed by atoms with Gasteiger partial charge in [0.2, 0.25) is 11.8 Å². The number of ether oxygens (including phenoxy) is 1. The van der Waals surface area contributed by atoms with Crippen molar-refractivity contribution in [1.29, 1.82) is 0 Å². The molecule has 0 radical (unpaired) electrons. The van der Waals surface area contributed by atoms with Crippen LogP contribution < -0.4 is 20.3 Å². The van der Waals surface area contributed by atoms with E-state index in [4.69, 9.17) is 0 Å². The quantitative estimate of drug-likeness (QED) is 0.116. The normalized spacial score (nSPS) is 19.4. The summed E-state index contributed by atoms with van der Waals surface area (Å²) >= 11 is 0. The summed E-state index contributed by atoms with van der Waals surface area (Å²) in [4.78, 5) is 30.6. The van der Waals surface area contributed by atoms with E-state index in [2.05, 4.69) is 66.0 Å². The molecule has 0 saturated carbocycles. The average molecular weight is 749 g/mol. The van der Waals surface area contributed by atoms with E-state index in [0.717, 1.165) is 107 Å². The van der Waals surface area contributed by atoms with Crippen LogP contribution in [0.25, 0.3) is 22.0 Å². The number of aromatic nitrogens is 1. The summed E-state index contributed by atoms with van der Waals surface area (Å²) in [6.45, 7) is 10.2. The number of imide groups is 1. The van der Waals surface area contributed by atoms with Crippen molar-refractivity contribution in [2.24, 2.45) is 5.92 Å². The topological polar surface area (TPSA) is 82.1 Å². The summed E-state index contributed by atoms with van der Waals surface area (Å²) in [7, 11) is 0. The second-order valence-electron chi connectivity index (χ2n) is 14.8. The van der Waals surface area contributed by atoms with Crippen LogP contribution in [-0.2, 0) is 22.7 Å². The van der Waals surface area contributed by atoms with Crippen LogP contribution in [0.1, 0.15) is 51.0 Å². The van der Waals surface area contributed by atoms with Crippen LogP contribution in [0.5, 0.6) is 5.75 Å². The summed E-state index contributed by atoms with van der Waals surface area (Å²) in [5.74, 6) is -0.615. The Bertz CT molecular complexity index is 1930. The van der Waals surface area contributed by atoms with Gasteiger partial charge < -0.3 is 19.5 Å². The van der Waals surface area contributed by atoms with Gasteiger partial charge in [-0.3, -0.25) is 24.7 Å². The van der Waals surface area contributed by atoms with Crippen molar-refractivity contribution < 1.29 is 31.9 Å². The van der Waals surface area contributed by atoms with Gasteiger partial charge in [0, 0.05) is 80.6 Å². The van der Waals surface area contributed by atoms with Crippen LogP contribution in [0.4, 0.5) is 28.9 Å². The number of carbonyl (C=O) groups is 2. The maximum atomic E-state index is 15.2. The SMILES string of the molecule is CCCCn1cc(-c2ccc(OC(F)(F)F)cc2)c2cc(CN3CCC(CN4CCN(c5ccc(NC6CCC(=O)NC6=O)cc5F)CC4)CC3)ccc21. The minimum Gasteiger partial charge on any atom is -0.406 e. The summed E-state index contributed by atoms with van der Waals surface area (Å²) in [6, 6.07) is 17.2. The molecule has 288 valence electrons. The van der Waals surface area contributed by atoms with Gasteiger partial charge in [-0.05, 0) is 98.3 Å². The molecule has 4 aromatic rings. The molecule has 0 aliphatic carbocycles. The largest absolute Gasteiger partial charge is 0.573 e. The molecule has 0 bridgehead atoms. The second kappa shape index (κ2) is 16.4. The zero-order valence-electron chi connectivity index (χ0n) is 30.6. The van der Waals surface area contributed by atoms with Gasteiger partial charge >= 0.3 is 6.36 Å². The molecule has 1 atom stereocenters. The van der Waals surface area contributed by atoms with Gasteiger partial charge in [-0.1, -0.05) is 31.5 Å². The summed E-state index contributed by atoms with van der Waals surface area (Å²) in [6.07, 6.45) is 2.36. The number of amides is 2. The number of aryl methyl sites for hydroxylation is 1. The van der Waals surface area contributed by atoms with Gasteiger partial charge in [-0.2, -0.15) is 0 Å². The highest BCUT2D eigenvalue weighted by Gasteiger charge is 2.31. The van der Waals surface area contributed by atoms with E-state index in [1.807, 2.05) is 0 Å². The number of fused-ring (bicyclic) bond motifs is 1. The smallest absolute Gasteiger partial charge is 0.406 e. The minimum absolute atomic E-state index is 0.229. The number of halogens is 4. The van der Waals surface area contributed by atoms with Crippen LogP contribution in [-0.4, -0.2) is 84.4 Å². The molecule has 3 aromatic carbocycles. The zero-order valence-corrected chi connectivity index (χ0v) is 30.6. The van der Waals surface area contributed by atoms with E-state index < -0.39 is 12.4 Å². The first-order valence-corrected chi connectivity index (χ1v) is 19.1. The molecule has 3 saturated heterocycles. The Morgan fingerprint density at radius 3 is 2.33 bits per heavy atom. The molecular weight excluding hydrogens is 700 g/mol. The Morgan fingerprint density at radius 2 is 1.65 bits per heavy atom. The van der Waals surface area contributed by atoms with Crippen molar-refractivity contribution in [3.8, 4) is 16.9 Å². The number of hydrogen-bond acceptors (Lipinski definition) is 7. The maximum Gasteiger partial charge on any atom is 0.573 e. The first kappa shape index (κ1) is 37.7. The molecule has 2 amide bonds. The van der Waals surface area contributed by atoms with Crippen molar-refractivity contribution in [3.05, 3.63) is 78.2 Å². The molecule has 0 spiro atoms. The van der Waals surface area contributed by atoms with Crippen LogP contribution in [0, 0.1) is 11.7 Å². The van der Waals surface area contributed by atoms with Gasteiger partial charge in [0.15, 0.2) is 0 Å². The monoisotopic (exact) mass is 748 g/mol. The number of piperazine rings is 1. The lowest BCUT2D eigenvalue weighted by atomic mass is 9.95. The van der Waals surface area contributed by atoms with Crippen molar-refractivity contribution in [3.63, 3.8) is 0 Å². The Balaban J connectivity index is 0.906. The van der Waals surface area contributed by atoms with Gasteiger partial charge in [0.05, 0.1) is 5.69 Å². The molecule has 13 heteroatoms. The number of nitrogens with one attached hydrogen (secondary N) is 2. The molecule has 3 fully saturated rings. The molecular formula is C41H48F4N6O3. The lowest BCUT2D eigenvalue weighted by Crippen LogP contribution is -2.49. The van der Waals surface area contributed by atoms with Crippen LogP contribution in [0.2, 0.25) is 0 Å². The summed E-state index contributed by atoms with van der Waals surface area (Å²) in [5, 5.41) is 6.47. The highest BCUT2D eigenvalue weighted by atomic mass is 19.4. The van der Waals surface area contributed by atoms with Crippen LogP contribution in [0.3, 0.4) is 0 Å². The first-order chi connectivity index (χ1) is 26.0. The van der Waals surface area contributed by atoms with E-state index in [1.165, 1.54) is 23.8 Å². The Labute approximate surface area is 313 Å². The molecule has 3 aliphatic rings. The molecule has 3 aliphatic heterocycles. The van der Waals surface area contributed by atoms with Crippen molar-refractivity contribution in [1.82, 2.24) is 19.7 Å². The Morgan fingerprint density at radius 1 is 0.889 bits per heavy atom. The molecule has 4 heterocycles. The number of hydrogen-bond donors (Lipinski definition) is 2.